The van der Waals surface area contributed by atoms with Gasteiger partial charge in [-0.2, -0.15) is 0 Å². The van der Waals surface area contributed by atoms with Crippen molar-refractivity contribution in [1.82, 2.24) is 4.57 Å². The summed E-state index contributed by atoms with van der Waals surface area (Å²) in [7, 11) is 2.02. The first-order valence-corrected chi connectivity index (χ1v) is 7.94. The summed E-state index contributed by atoms with van der Waals surface area (Å²) in [6.45, 7) is 2.60. The molecule has 0 amide bonds. The first-order chi connectivity index (χ1) is 8.15. The molecule has 2 radical (unpaired) electrons. The van der Waals surface area contributed by atoms with Gasteiger partial charge in [0, 0.05) is 0 Å². The van der Waals surface area contributed by atoms with Crippen LogP contribution in [0.15, 0.2) is 12.5 Å². The number of hydrogen-bond acceptors (Lipinski definition) is 2. The van der Waals surface area contributed by atoms with Crippen molar-refractivity contribution < 1.29 is 33.6 Å². The Morgan fingerprint density at radius 3 is 3.06 bits per heavy atom. The van der Waals surface area contributed by atoms with Gasteiger partial charge in [-0.05, 0) is 0 Å². The molecule has 1 saturated heterocycles. The zero-order chi connectivity index (χ0) is 12.4. The molecule has 92 valence electrons. The van der Waals surface area contributed by atoms with Crippen molar-refractivity contribution in [3.05, 3.63) is 18.2 Å². The molecule has 2 heterocycles. The normalized spacial score (nSPS) is 24.2. The average molecular weight is 346 g/mol. The van der Waals surface area contributed by atoms with Crippen LogP contribution in [0.5, 0.6) is 0 Å². The summed E-state index contributed by atoms with van der Waals surface area (Å²) in [4.78, 5) is 11.5. The van der Waals surface area contributed by atoms with E-state index in [9.17, 15) is 4.79 Å². The Labute approximate surface area is 113 Å². The fourth-order valence-corrected chi connectivity index (χ4v) is 3.33. The van der Waals surface area contributed by atoms with Crippen molar-refractivity contribution in [2.24, 2.45) is 18.9 Å². The topological polar surface area (TPSA) is 35.1 Å². The third kappa shape index (κ3) is 2.66. The average Bonchev–Trinajstić information content (AvgIpc) is 2.84. The molecule has 0 bridgehead atoms. The van der Waals surface area contributed by atoms with Crippen LogP contribution in [0.25, 0.3) is 0 Å². The van der Waals surface area contributed by atoms with Gasteiger partial charge >= 0.3 is 113 Å². The van der Waals surface area contributed by atoms with E-state index in [1.807, 2.05) is 23.1 Å². The van der Waals surface area contributed by atoms with E-state index in [0.717, 1.165) is 12.8 Å². The monoisotopic (exact) mass is 346 g/mol. The second kappa shape index (κ2) is 5.41. The molecule has 4 nitrogen and oxygen atoms in total. The predicted octanol–water partition coefficient (Wildman–Crippen LogP) is -3.01. The molecule has 17 heavy (non-hydrogen) atoms. The SMILES string of the molecule is [B][I-][n+]1cc(CC2COC(=O)C2CC)n(C)c1. The standard InChI is InChI=1S/C11H16BIN2O2/c1-3-10-8(6-17-11(10)16)4-9-5-15(13-12)7-14(9)2/h5,7-8,10H,3-4,6H2,1-2H3. The summed E-state index contributed by atoms with van der Waals surface area (Å²) < 4.78 is 9.28. The van der Waals surface area contributed by atoms with E-state index in [0.29, 0.717) is 12.5 Å². The van der Waals surface area contributed by atoms with E-state index in [-0.39, 0.29) is 11.9 Å². The molecule has 1 aromatic rings. The Morgan fingerprint density at radius 2 is 2.47 bits per heavy atom. The number of carbonyl (C=O) groups excluding carboxylic acids is 1. The minimum absolute atomic E-state index is 0.0363. The number of hydrogen-bond donors (Lipinski definition) is 0. The van der Waals surface area contributed by atoms with Crippen LogP contribution >= 0.6 is 0 Å². The van der Waals surface area contributed by atoms with Crippen molar-refractivity contribution in [2.45, 2.75) is 19.8 Å². The second-order valence-corrected chi connectivity index (χ2v) is 6.07. The van der Waals surface area contributed by atoms with Crippen LogP contribution in [-0.4, -0.2) is 22.8 Å². The van der Waals surface area contributed by atoms with Gasteiger partial charge in [0.25, 0.3) is 0 Å². The van der Waals surface area contributed by atoms with Gasteiger partial charge in [-0.25, -0.2) is 0 Å². The molecule has 2 unspecified atom stereocenters. The van der Waals surface area contributed by atoms with Crippen LogP contribution in [-0.2, 0) is 23.0 Å². The molecule has 0 saturated carbocycles. The maximum absolute atomic E-state index is 11.5. The van der Waals surface area contributed by atoms with Crippen LogP contribution in [0, 0.1) is 11.8 Å². The van der Waals surface area contributed by atoms with Gasteiger partial charge in [0.05, 0.1) is 0 Å². The van der Waals surface area contributed by atoms with Gasteiger partial charge in [-0.3, -0.25) is 0 Å². The van der Waals surface area contributed by atoms with Gasteiger partial charge in [0.15, 0.2) is 0 Å². The first kappa shape index (κ1) is 12.9. The number of rotatable bonds is 4. The summed E-state index contributed by atoms with van der Waals surface area (Å²) in [5, 5.41) is 0. The van der Waals surface area contributed by atoms with E-state index in [1.54, 1.807) is 0 Å². The number of aryl methyl sites for hydroxylation is 1. The number of nitrogens with zero attached hydrogens (tertiary/aromatic N) is 2. The summed E-state index contributed by atoms with van der Waals surface area (Å²) in [6, 6.07) is 0. The summed E-state index contributed by atoms with van der Waals surface area (Å²) in [6.07, 6.45) is 5.85. The Kier molecular flexibility index (Phi) is 4.11. The fourth-order valence-electron chi connectivity index (χ4n) is 2.33. The fraction of sp³-hybridized carbons (Fsp3) is 0.636. The molecule has 0 aliphatic carbocycles. The van der Waals surface area contributed by atoms with E-state index in [4.69, 9.17) is 10.4 Å². The van der Waals surface area contributed by atoms with Crippen molar-refractivity contribution in [3.63, 3.8) is 0 Å². The minimum atomic E-state index is -0.432. The van der Waals surface area contributed by atoms with Gasteiger partial charge in [-0.15, -0.1) is 0 Å². The first-order valence-electron chi connectivity index (χ1n) is 5.73. The summed E-state index contributed by atoms with van der Waals surface area (Å²) >= 11 is -0.432. The molecular formula is C11H16BIN2O2. The summed E-state index contributed by atoms with van der Waals surface area (Å²) in [5.74, 6) is 0.335. The Morgan fingerprint density at radius 1 is 1.71 bits per heavy atom. The number of cyclic esters (lactones) is 1. The summed E-state index contributed by atoms with van der Waals surface area (Å²) in [5.41, 5.74) is 6.92. The third-order valence-corrected chi connectivity index (χ3v) is 4.52. The van der Waals surface area contributed by atoms with E-state index in [2.05, 4.69) is 10.8 Å². The Hall–Kier alpha value is -0.525. The van der Waals surface area contributed by atoms with E-state index < -0.39 is 21.3 Å². The van der Waals surface area contributed by atoms with Crippen LogP contribution in [0.1, 0.15) is 19.0 Å². The molecule has 2 atom stereocenters. The zero-order valence-electron chi connectivity index (χ0n) is 10.1. The molecule has 1 aliphatic rings. The number of halogens is 1. The Bertz CT molecular complexity index is 422. The number of esters is 1. The van der Waals surface area contributed by atoms with Gasteiger partial charge in [-0.1, -0.05) is 0 Å². The molecule has 6 heteroatoms. The van der Waals surface area contributed by atoms with Crippen LogP contribution in [0.4, 0.5) is 0 Å². The van der Waals surface area contributed by atoms with Crippen molar-refractivity contribution in [1.29, 1.82) is 0 Å². The maximum atomic E-state index is 11.5. The van der Waals surface area contributed by atoms with E-state index >= 15 is 0 Å². The predicted molar refractivity (Wildman–Crippen MR) is 58.7 cm³/mol. The molecule has 1 fully saturated rings. The third-order valence-electron chi connectivity index (χ3n) is 3.34. The number of imidazole rings is 1. The van der Waals surface area contributed by atoms with Gasteiger partial charge in [0.1, 0.15) is 0 Å². The van der Waals surface area contributed by atoms with Crippen molar-refractivity contribution in [2.75, 3.05) is 6.61 Å². The molecule has 0 aromatic carbocycles. The molecule has 0 spiro atoms. The van der Waals surface area contributed by atoms with Crippen LogP contribution < -0.4 is 24.0 Å². The molecule has 2 rings (SSSR count). The Balaban J connectivity index is 2.10. The molecular weight excluding hydrogens is 330 g/mol. The number of carbonyl (C=O) groups is 1. The second-order valence-electron chi connectivity index (χ2n) is 4.40. The van der Waals surface area contributed by atoms with Crippen molar-refractivity contribution >= 4 is 11.7 Å². The molecule has 1 aliphatic heterocycles. The van der Waals surface area contributed by atoms with Gasteiger partial charge in [0.2, 0.25) is 0 Å². The zero-order valence-corrected chi connectivity index (χ0v) is 12.3. The van der Waals surface area contributed by atoms with Crippen molar-refractivity contribution in [3.8, 4) is 0 Å². The van der Waals surface area contributed by atoms with Crippen LogP contribution in [0.3, 0.4) is 0 Å². The number of aromatic nitrogens is 2. The van der Waals surface area contributed by atoms with Gasteiger partial charge < -0.3 is 0 Å². The van der Waals surface area contributed by atoms with Crippen LogP contribution in [0.2, 0.25) is 0 Å². The molecule has 0 N–H and O–H groups in total. The quantitative estimate of drug-likeness (QED) is 0.331. The number of ether oxygens (including phenoxy) is 1. The van der Waals surface area contributed by atoms with E-state index in [1.165, 1.54) is 5.69 Å². The molecule has 1 aromatic heterocycles.